The van der Waals surface area contributed by atoms with Crippen molar-refractivity contribution in [3.8, 4) is 5.75 Å². The summed E-state index contributed by atoms with van der Waals surface area (Å²) in [6, 6.07) is 2.91. The lowest BCUT2D eigenvalue weighted by molar-refractivity contribution is -0.0499. The fraction of sp³-hybridized carbons (Fsp3) is 0.125. The number of hydrogen-bond acceptors (Lipinski definition) is 3. The molecule has 14 heavy (non-hydrogen) atoms. The molecule has 0 bridgehead atoms. The first-order valence-corrected chi connectivity index (χ1v) is 3.55. The number of rotatable bonds is 3. The molecule has 1 rings (SSSR count). The molecule has 0 heterocycles. The van der Waals surface area contributed by atoms with Gasteiger partial charge in [-0.3, -0.25) is 0 Å². The first kappa shape index (κ1) is 10.4. The third kappa shape index (κ3) is 2.65. The summed E-state index contributed by atoms with van der Waals surface area (Å²) in [5.41, 5.74) is -0.0622. The van der Waals surface area contributed by atoms with E-state index in [0.29, 0.717) is 0 Å². The van der Waals surface area contributed by atoms with E-state index in [2.05, 4.69) is 9.89 Å². The second kappa shape index (κ2) is 4.50. The van der Waals surface area contributed by atoms with E-state index in [1.165, 1.54) is 0 Å². The Bertz CT molecular complexity index is 341. The summed E-state index contributed by atoms with van der Waals surface area (Å²) in [5.74, 6) is -0.888. The lowest BCUT2D eigenvalue weighted by Gasteiger charge is -2.06. The Kier molecular flexibility index (Phi) is 3.33. The van der Waals surface area contributed by atoms with Crippen molar-refractivity contribution in [1.29, 1.82) is 0 Å². The second-order valence-corrected chi connectivity index (χ2v) is 2.31. The Morgan fingerprint density at radius 1 is 1.43 bits per heavy atom. The largest absolute Gasteiger partial charge is 0.434 e. The average Bonchev–Trinajstić information content (AvgIpc) is 2.09. The number of alkyl halides is 2. The van der Waals surface area contributed by atoms with Crippen LogP contribution in [0.2, 0.25) is 0 Å². The highest BCUT2D eigenvalue weighted by Gasteiger charge is 2.09. The van der Waals surface area contributed by atoms with Gasteiger partial charge < -0.3 is 9.94 Å². The van der Waals surface area contributed by atoms with Gasteiger partial charge in [-0.1, -0.05) is 5.16 Å². The minimum absolute atomic E-state index is 0.0622. The lowest BCUT2D eigenvalue weighted by atomic mass is 10.2. The predicted octanol–water partition coefficient (Wildman–Crippen LogP) is 2.24. The van der Waals surface area contributed by atoms with Crippen molar-refractivity contribution in [2.75, 3.05) is 0 Å². The number of benzene rings is 1. The molecule has 0 aliphatic carbocycles. The highest BCUT2D eigenvalue weighted by Crippen LogP contribution is 2.19. The number of halogens is 3. The Morgan fingerprint density at radius 3 is 2.71 bits per heavy atom. The van der Waals surface area contributed by atoms with Crippen molar-refractivity contribution < 1.29 is 23.1 Å². The molecule has 0 radical (unpaired) electrons. The topological polar surface area (TPSA) is 41.8 Å². The standard InChI is InChI=1S/C8H6F3NO2/c9-6-1-2-7(14-8(10)11)5(3-6)4-12-13/h1-4,8,13H/b12-4-. The van der Waals surface area contributed by atoms with Crippen LogP contribution in [-0.2, 0) is 0 Å². The molecule has 0 saturated carbocycles. The Hall–Kier alpha value is -1.72. The van der Waals surface area contributed by atoms with E-state index < -0.39 is 12.4 Å². The van der Waals surface area contributed by atoms with Crippen molar-refractivity contribution in [1.82, 2.24) is 0 Å². The van der Waals surface area contributed by atoms with Crippen molar-refractivity contribution in [3.63, 3.8) is 0 Å². The van der Waals surface area contributed by atoms with E-state index in [4.69, 9.17) is 5.21 Å². The van der Waals surface area contributed by atoms with Crippen LogP contribution < -0.4 is 4.74 Å². The maximum Gasteiger partial charge on any atom is 0.387 e. The molecule has 0 amide bonds. The van der Waals surface area contributed by atoms with E-state index in [-0.39, 0.29) is 11.3 Å². The maximum atomic E-state index is 12.6. The summed E-state index contributed by atoms with van der Waals surface area (Å²) in [6.45, 7) is -3.01. The van der Waals surface area contributed by atoms with Crippen molar-refractivity contribution in [2.45, 2.75) is 6.61 Å². The van der Waals surface area contributed by atoms with Crippen LogP contribution in [0.15, 0.2) is 23.4 Å². The fourth-order valence-electron chi connectivity index (χ4n) is 0.886. The minimum Gasteiger partial charge on any atom is -0.434 e. The van der Waals surface area contributed by atoms with Crippen molar-refractivity contribution >= 4 is 6.21 Å². The van der Waals surface area contributed by atoms with Gasteiger partial charge in [-0.25, -0.2) is 4.39 Å². The van der Waals surface area contributed by atoms with E-state index >= 15 is 0 Å². The summed E-state index contributed by atoms with van der Waals surface area (Å²) in [7, 11) is 0. The highest BCUT2D eigenvalue weighted by molar-refractivity contribution is 5.83. The molecule has 6 heteroatoms. The third-order valence-electron chi connectivity index (χ3n) is 1.38. The Labute approximate surface area is 77.4 Å². The second-order valence-electron chi connectivity index (χ2n) is 2.31. The van der Waals surface area contributed by atoms with Crippen LogP contribution in [0.1, 0.15) is 5.56 Å². The van der Waals surface area contributed by atoms with Gasteiger partial charge in [0.05, 0.1) is 6.21 Å². The van der Waals surface area contributed by atoms with Gasteiger partial charge in [-0.15, -0.1) is 0 Å². The zero-order valence-corrected chi connectivity index (χ0v) is 6.82. The van der Waals surface area contributed by atoms with E-state index in [0.717, 1.165) is 24.4 Å². The van der Waals surface area contributed by atoms with Crippen LogP contribution in [0.25, 0.3) is 0 Å². The smallest absolute Gasteiger partial charge is 0.387 e. The van der Waals surface area contributed by atoms with E-state index in [9.17, 15) is 13.2 Å². The molecular weight excluding hydrogens is 199 g/mol. The highest BCUT2D eigenvalue weighted by atomic mass is 19.3. The number of hydrogen-bond donors (Lipinski definition) is 1. The molecule has 0 atom stereocenters. The average molecular weight is 205 g/mol. The van der Waals surface area contributed by atoms with Gasteiger partial charge in [0, 0.05) is 5.56 Å². The van der Waals surface area contributed by atoms with Crippen molar-refractivity contribution in [2.24, 2.45) is 5.16 Å². The molecule has 0 spiro atoms. The van der Waals surface area contributed by atoms with Crippen LogP contribution in [0.3, 0.4) is 0 Å². The molecule has 3 nitrogen and oxygen atoms in total. The molecular formula is C8H6F3NO2. The fourth-order valence-corrected chi connectivity index (χ4v) is 0.886. The summed E-state index contributed by atoms with van der Waals surface area (Å²) >= 11 is 0. The van der Waals surface area contributed by atoms with Crippen LogP contribution in [0.4, 0.5) is 13.2 Å². The van der Waals surface area contributed by atoms with Gasteiger partial charge in [0.25, 0.3) is 0 Å². The van der Waals surface area contributed by atoms with Crippen LogP contribution in [0, 0.1) is 5.82 Å². The molecule has 76 valence electrons. The summed E-state index contributed by atoms with van der Waals surface area (Å²) in [4.78, 5) is 0. The number of ether oxygens (including phenoxy) is 1. The van der Waals surface area contributed by atoms with Gasteiger partial charge in [0.1, 0.15) is 11.6 Å². The molecule has 0 saturated heterocycles. The van der Waals surface area contributed by atoms with Crippen LogP contribution in [0.5, 0.6) is 5.75 Å². The molecule has 0 fully saturated rings. The summed E-state index contributed by atoms with van der Waals surface area (Å²) < 4.78 is 40.3. The zero-order valence-electron chi connectivity index (χ0n) is 6.82. The molecule has 1 aromatic rings. The van der Waals surface area contributed by atoms with Gasteiger partial charge >= 0.3 is 6.61 Å². The summed E-state index contributed by atoms with van der Waals surface area (Å²) in [5, 5.41) is 10.8. The van der Waals surface area contributed by atoms with E-state index in [1.54, 1.807) is 0 Å². The van der Waals surface area contributed by atoms with Gasteiger partial charge in [0.2, 0.25) is 0 Å². The normalized spacial score (nSPS) is 11.1. The first-order chi connectivity index (χ1) is 6.63. The molecule has 1 N–H and O–H groups in total. The maximum absolute atomic E-state index is 12.6. The molecule has 0 aromatic heterocycles. The molecule has 0 aliphatic rings. The summed E-state index contributed by atoms with van der Waals surface area (Å²) in [6.07, 6.45) is 0.806. The van der Waals surface area contributed by atoms with Crippen LogP contribution in [-0.4, -0.2) is 18.0 Å². The Balaban J connectivity index is 3.01. The SMILES string of the molecule is O/N=C\c1cc(F)ccc1OC(F)F. The van der Waals surface area contributed by atoms with Gasteiger partial charge in [-0.2, -0.15) is 8.78 Å². The molecule has 0 aliphatic heterocycles. The first-order valence-electron chi connectivity index (χ1n) is 3.55. The monoisotopic (exact) mass is 205 g/mol. The van der Waals surface area contributed by atoms with Crippen molar-refractivity contribution in [3.05, 3.63) is 29.6 Å². The third-order valence-corrected chi connectivity index (χ3v) is 1.38. The molecule has 0 unspecified atom stereocenters. The van der Waals surface area contributed by atoms with E-state index in [1.807, 2.05) is 0 Å². The molecule has 1 aromatic carbocycles. The predicted molar refractivity (Wildman–Crippen MR) is 42.4 cm³/mol. The number of oxime groups is 1. The minimum atomic E-state index is -3.01. The van der Waals surface area contributed by atoms with Crippen LogP contribution >= 0.6 is 0 Å². The van der Waals surface area contributed by atoms with Gasteiger partial charge in [-0.05, 0) is 18.2 Å². The van der Waals surface area contributed by atoms with Gasteiger partial charge in [0.15, 0.2) is 0 Å². The quantitative estimate of drug-likeness (QED) is 0.467. The Morgan fingerprint density at radius 2 is 2.14 bits per heavy atom. The number of nitrogens with zero attached hydrogens (tertiary/aromatic N) is 1. The lowest BCUT2D eigenvalue weighted by Crippen LogP contribution is -2.04. The zero-order chi connectivity index (χ0) is 10.6.